The Kier molecular flexibility index (Phi) is 4.70. The second-order valence-electron chi connectivity index (χ2n) is 4.98. The molecule has 0 spiro atoms. The molecule has 0 unspecified atom stereocenters. The first-order valence-corrected chi connectivity index (χ1v) is 6.38. The summed E-state index contributed by atoms with van der Waals surface area (Å²) in [6, 6.07) is 5.01. The van der Waals surface area contributed by atoms with Gasteiger partial charge in [-0.3, -0.25) is 10.1 Å². The maximum Gasteiger partial charge on any atom is 0.293 e. The standard InChI is InChI=1S/C12H18BrN3O2/c1-12(2,15(3)4)8-14-10-6-5-9(13)7-11(10)16(17)18/h5-7,14H,8H2,1-4H3. The molecule has 0 aromatic heterocycles. The van der Waals surface area contributed by atoms with Crippen molar-refractivity contribution < 1.29 is 4.92 Å². The number of hydrogen-bond donors (Lipinski definition) is 1. The lowest BCUT2D eigenvalue weighted by Crippen LogP contribution is -2.44. The van der Waals surface area contributed by atoms with Gasteiger partial charge in [0.1, 0.15) is 5.69 Å². The second kappa shape index (κ2) is 5.67. The summed E-state index contributed by atoms with van der Waals surface area (Å²) in [7, 11) is 3.97. The van der Waals surface area contributed by atoms with Gasteiger partial charge in [-0.1, -0.05) is 15.9 Å². The molecule has 5 nitrogen and oxygen atoms in total. The molecule has 0 fully saturated rings. The van der Waals surface area contributed by atoms with Crippen LogP contribution in [0, 0.1) is 10.1 Å². The van der Waals surface area contributed by atoms with E-state index in [1.54, 1.807) is 12.1 Å². The summed E-state index contributed by atoms with van der Waals surface area (Å²) in [6.45, 7) is 4.78. The van der Waals surface area contributed by atoms with Gasteiger partial charge < -0.3 is 10.2 Å². The number of rotatable bonds is 5. The first-order valence-electron chi connectivity index (χ1n) is 5.59. The zero-order chi connectivity index (χ0) is 13.9. The molecular weight excluding hydrogens is 298 g/mol. The first kappa shape index (κ1) is 14.9. The number of likely N-dealkylation sites (N-methyl/N-ethyl adjacent to an activating group) is 1. The van der Waals surface area contributed by atoms with Crippen LogP contribution in [0.2, 0.25) is 0 Å². The average molecular weight is 316 g/mol. The fraction of sp³-hybridized carbons (Fsp3) is 0.500. The van der Waals surface area contributed by atoms with Gasteiger partial charge in [-0.15, -0.1) is 0 Å². The van der Waals surface area contributed by atoms with Crippen molar-refractivity contribution in [2.75, 3.05) is 26.0 Å². The van der Waals surface area contributed by atoms with E-state index in [1.165, 1.54) is 6.07 Å². The van der Waals surface area contributed by atoms with E-state index in [9.17, 15) is 10.1 Å². The molecule has 18 heavy (non-hydrogen) atoms. The van der Waals surface area contributed by atoms with E-state index in [-0.39, 0.29) is 16.1 Å². The lowest BCUT2D eigenvalue weighted by molar-refractivity contribution is -0.384. The first-order chi connectivity index (χ1) is 8.24. The van der Waals surface area contributed by atoms with Gasteiger partial charge >= 0.3 is 0 Å². The van der Waals surface area contributed by atoms with E-state index in [2.05, 4.69) is 40.0 Å². The lowest BCUT2D eigenvalue weighted by Gasteiger charge is -2.32. The van der Waals surface area contributed by atoms with E-state index in [1.807, 2.05) is 14.1 Å². The van der Waals surface area contributed by atoms with Crippen molar-refractivity contribution in [3.63, 3.8) is 0 Å². The normalized spacial score (nSPS) is 11.7. The summed E-state index contributed by atoms with van der Waals surface area (Å²) in [4.78, 5) is 12.7. The Morgan fingerprint density at radius 2 is 2.06 bits per heavy atom. The molecular formula is C12H18BrN3O2. The van der Waals surface area contributed by atoms with Gasteiger partial charge in [-0.2, -0.15) is 0 Å². The number of benzene rings is 1. The Hall–Kier alpha value is -1.14. The van der Waals surface area contributed by atoms with Gasteiger partial charge in [-0.05, 0) is 40.1 Å². The molecule has 0 aliphatic heterocycles. The third-order valence-electron chi connectivity index (χ3n) is 3.08. The highest BCUT2D eigenvalue weighted by Crippen LogP contribution is 2.28. The fourth-order valence-corrected chi connectivity index (χ4v) is 1.62. The molecule has 100 valence electrons. The largest absolute Gasteiger partial charge is 0.378 e. The van der Waals surface area contributed by atoms with Crippen LogP contribution in [-0.2, 0) is 0 Å². The number of hydrogen-bond acceptors (Lipinski definition) is 4. The number of nitrogens with one attached hydrogen (secondary N) is 1. The minimum absolute atomic E-state index is 0.0823. The van der Waals surface area contributed by atoms with Gasteiger partial charge in [0.05, 0.1) is 4.92 Å². The zero-order valence-corrected chi connectivity index (χ0v) is 12.6. The summed E-state index contributed by atoms with van der Waals surface area (Å²) >= 11 is 3.24. The molecule has 0 amide bonds. The predicted molar refractivity (Wildman–Crippen MR) is 77.1 cm³/mol. The molecule has 0 heterocycles. The van der Waals surface area contributed by atoms with Crippen LogP contribution in [0.15, 0.2) is 22.7 Å². The summed E-state index contributed by atoms with van der Waals surface area (Å²) in [5, 5.41) is 14.1. The molecule has 1 aromatic rings. The number of nitro benzene ring substituents is 1. The minimum atomic E-state index is -0.379. The quantitative estimate of drug-likeness (QED) is 0.670. The Bertz CT molecular complexity index is 447. The SMILES string of the molecule is CN(C)C(C)(C)CNc1ccc(Br)cc1[N+](=O)[O-]. The van der Waals surface area contributed by atoms with Gasteiger partial charge in [0.15, 0.2) is 0 Å². The number of nitrogens with zero attached hydrogens (tertiary/aromatic N) is 2. The average Bonchev–Trinajstić information content (AvgIpc) is 2.27. The van der Waals surface area contributed by atoms with Crippen LogP contribution in [0.4, 0.5) is 11.4 Å². The van der Waals surface area contributed by atoms with Crippen molar-refractivity contribution in [2.45, 2.75) is 19.4 Å². The molecule has 0 atom stereocenters. The van der Waals surface area contributed by atoms with Crippen LogP contribution in [0.3, 0.4) is 0 Å². The zero-order valence-electron chi connectivity index (χ0n) is 11.0. The Labute approximate surface area is 115 Å². The van der Waals surface area contributed by atoms with E-state index in [0.717, 1.165) is 0 Å². The van der Waals surface area contributed by atoms with Crippen LogP contribution in [0.1, 0.15) is 13.8 Å². The highest BCUT2D eigenvalue weighted by atomic mass is 79.9. The molecule has 1 rings (SSSR count). The second-order valence-corrected chi connectivity index (χ2v) is 5.89. The highest BCUT2D eigenvalue weighted by molar-refractivity contribution is 9.10. The summed E-state index contributed by atoms with van der Waals surface area (Å²) in [5.41, 5.74) is 0.540. The summed E-state index contributed by atoms with van der Waals surface area (Å²) in [5.74, 6) is 0. The van der Waals surface area contributed by atoms with Crippen LogP contribution in [0.5, 0.6) is 0 Å². The molecule has 0 aliphatic carbocycles. The molecule has 0 bridgehead atoms. The van der Waals surface area contributed by atoms with Crippen LogP contribution in [-0.4, -0.2) is 36.0 Å². The predicted octanol–water partition coefficient (Wildman–Crippen LogP) is 3.11. The molecule has 0 saturated carbocycles. The minimum Gasteiger partial charge on any atom is -0.378 e. The van der Waals surface area contributed by atoms with Crippen molar-refractivity contribution in [3.05, 3.63) is 32.8 Å². The molecule has 0 radical (unpaired) electrons. The molecule has 6 heteroatoms. The maximum absolute atomic E-state index is 11.0. The van der Waals surface area contributed by atoms with Crippen molar-refractivity contribution in [3.8, 4) is 0 Å². The van der Waals surface area contributed by atoms with Crippen molar-refractivity contribution in [1.29, 1.82) is 0 Å². The monoisotopic (exact) mass is 315 g/mol. The van der Waals surface area contributed by atoms with E-state index in [0.29, 0.717) is 16.7 Å². The van der Waals surface area contributed by atoms with Gasteiger partial charge in [-0.25, -0.2) is 0 Å². The van der Waals surface area contributed by atoms with Gasteiger partial charge in [0.2, 0.25) is 0 Å². The molecule has 0 saturated heterocycles. The summed E-state index contributed by atoms with van der Waals surface area (Å²) in [6.07, 6.45) is 0. The van der Waals surface area contributed by atoms with E-state index >= 15 is 0 Å². The lowest BCUT2D eigenvalue weighted by atomic mass is 10.0. The number of anilines is 1. The highest BCUT2D eigenvalue weighted by Gasteiger charge is 2.22. The fourth-order valence-electron chi connectivity index (χ4n) is 1.27. The Morgan fingerprint density at radius 1 is 1.44 bits per heavy atom. The number of nitro groups is 1. The van der Waals surface area contributed by atoms with E-state index < -0.39 is 0 Å². The van der Waals surface area contributed by atoms with Crippen molar-refractivity contribution >= 4 is 27.3 Å². The van der Waals surface area contributed by atoms with Crippen LogP contribution < -0.4 is 5.32 Å². The smallest absolute Gasteiger partial charge is 0.293 e. The molecule has 0 aliphatic rings. The summed E-state index contributed by atoms with van der Waals surface area (Å²) < 4.78 is 0.701. The van der Waals surface area contributed by atoms with Crippen molar-refractivity contribution in [1.82, 2.24) is 4.90 Å². The van der Waals surface area contributed by atoms with Gasteiger partial charge in [0, 0.05) is 22.6 Å². The van der Waals surface area contributed by atoms with E-state index in [4.69, 9.17) is 0 Å². The number of halogens is 1. The topological polar surface area (TPSA) is 58.4 Å². The van der Waals surface area contributed by atoms with Crippen LogP contribution in [0.25, 0.3) is 0 Å². The van der Waals surface area contributed by atoms with Crippen molar-refractivity contribution in [2.24, 2.45) is 0 Å². The van der Waals surface area contributed by atoms with Crippen LogP contribution >= 0.6 is 15.9 Å². The third kappa shape index (κ3) is 3.68. The van der Waals surface area contributed by atoms with Gasteiger partial charge in [0.25, 0.3) is 5.69 Å². The third-order valence-corrected chi connectivity index (χ3v) is 3.57. The molecule has 1 aromatic carbocycles. The Balaban J connectivity index is 2.89. The Morgan fingerprint density at radius 3 is 2.56 bits per heavy atom. The molecule has 1 N–H and O–H groups in total. The maximum atomic E-state index is 11.0.